The van der Waals surface area contributed by atoms with Crippen LogP contribution in [-0.4, -0.2) is 64.6 Å². The Labute approximate surface area is 280 Å². The molecule has 3 heterocycles. The Morgan fingerprint density at radius 1 is 0.857 bits per heavy atom. The lowest BCUT2D eigenvalue weighted by atomic mass is 10.0. The fourth-order valence-corrected chi connectivity index (χ4v) is 5.57. The minimum Gasteiger partial charge on any atom is -0.494 e. The van der Waals surface area contributed by atoms with Crippen molar-refractivity contribution in [3.63, 3.8) is 0 Å². The van der Waals surface area contributed by atoms with Crippen LogP contribution in [0.3, 0.4) is 0 Å². The zero-order valence-corrected chi connectivity index (χ0v) is 26.2. The number of carbonyl (C=O) groups excluding carboxylic acids is 6. The first-order chi connectivity index (χ1) is 23.7. The maximum Gasteiger partial charge on any atom is 0.323 e. The molecule has 1 atom stereocenters. The highest BCUT2D eigenvalue weighted by Gasteiger charge is 2.39. The SMILES string of the molecule is O=C(/C=C/C(=O)Nc1ccc(NC(=O)Nc2ccc3[nH]ccc3c2)cc1)NCCCOc1ccc2c(c1)CN(C1CCC(=O)NC1=O)C2=O. The molecule has 14 heteroatoms. The van der Waals surface area contributed by atoms with Crippen molar-refractivity contribution in [2.45, 2.75) is 31.8 Å². The van der Waals surface area contributed by atoms with Crippen LogP contribution in [0.25, 0.3) is 10.9 Å². The molecular weight excluding hydrogens is 630 g/mol. The third-order valence-corrected chi connectivity index (χ3v) is 7.99. The Balaban J connectivity index is 0.873. The van der Waals surface area contributed by atoms with E-state index in [0.717, 1.165) is 28.6 Å². The van der Waals surface area contributed by atoms with Crippen LogP contribution in [0.15, 0.2) is 85.1 Å². The van der Waals surface area contributed by atoms with E-state index in [0.29, 0.717) is 54.4 Å². The van der Waals surface area contributed by atoms with Crippen molar-refractivity contribution in [3.8, 4) is 5.75 Å². The van der Waals surface area contributed by atoms with Gasteiger partial charge in [0.1, 0.15) is 11.8 Å². The zero-order chi connectivity index (χ0) is 34.3. The average Bonchev–Trinajstić information content (AvgIpc) is 3.68. The summed E-state index contributed by atoms with van der Waals surface area (Å²) in [7, 11) is 0. The Bertz CT molecular complexity index is 1970. The first-order valence-electron chi connectivity index (χ1n) is 15.6. The number of benzene rings is 3. The second-order valence-electron chi connectivity index (χ2n) is 11.5. The molecule has 2 aliphatic rings. The number of ether oxygens (including phenoxy) is 1. The van der Waals surface area contributed by atoms with Gasteiger partial charge in [0.15, 0.2) is 0 Å². The van der Waals surface area contributed by atoms with E-state index in [1.54, 1.807) is 48.5 Å². The molecule has 0 bridgehead atoms. The molecule has 0 saturated carbocycles. The van der Waals surface area contributed by atoms with Gasteiger partial charge >= 0.3 is 6.03 Å². The van der Waals surface area contributed by atoms with Crippen molar-refractivity contribution in [2.24, 2.45) is 0 Å². The number of nitrogens with one attached hydrogen (secondary N) is 6. The predicted molar refractivity (Wildman–Crippen MR) is 181 cm³/mol. The van der Waals surface area contributed by atoms with Gasteiger partial charge < -0.3 is 35.9 Å². The summed E-state index contributed by atoms with van der Waals surface area (Å²) >= 11 is 0. The number of carbonyl (C=O) groups is 6. The quantitative estimate of drug-likeness (QED) is 0.0802. The first-order valence-corrected chi connectivity index (χ1v) is 15.6. The molecule has 0 spiro atoms. The number of anilines is 3. The highest BCUT2D eigenvalue weighted by molar-refractivity contribution is 6.06. The number of amides is 7. The molecule has 49 heavy (non-hydrogen) atoms. The molecule has 6 N–H and O–H groups in total. The fraction of sp³-hybridized carbons (Fsp3) is 0.200. The van der Waals surface area contributed by atoms with E-state index in [2.05, 4.69) is 31.6 Å². The van der Waals surface area contributed by atoms with Gasteiger partial charge in [-0.15, -0.1) is 0 Å². The van der Waals surface area contributed by atoms with E-state index in [1.807, 2.05) is 24.4 Å². The Morgan fingerprint density at radius 2 is 1.59 bits per heavy atom. The van der Waals surface area contributed by atoms with E-state index in [-0.39, 0.29) is 24.8 Å². The van der Waals surface area contributed by atoms with Crippen LogP contribution in [0.4, 0.5) is 21.9 Å². The number of aromatic nitrogens is 1. The number of hydrogen-bond acceptors (Lipinski definition) is 7. The van der Waals surface area contributed by atoms with Crippen LogP contribution in [-0.2, 0) is 25.7 Å². The van der Waals surface area contributed by atoms with Gasteiger partial charge in [0.2, 0.25) is 23.6 Å². The summed E-state index contributed by atoms with van der Waals surface area (Å²) in [6.45, 7) is 0.853. The summed E-state index contributed by atoms with van der Waals surface area (Å²) in [5, 5.41) is 14.1. The minimum atomic E-state index is -0.682. The van der Waals surface area contributed by atoms with Crippen molar-refractivity contribution >= 4 is 63.5 Å². The van der Waals surface area contributed by atoms with Gasteiger partial charge in [0.05, 0.1) is 6.61 Å². The van der Waals surface area contributed by atoms with Crippen molar-refractivity contribution in [1.29, 1.82) is 0 Å². The van der Waals surface area contributed by atoms with Gasteiger partial charge in [0.25, 0.3) is 5.91 Å². The Kier molecular flexibility index (Phi) is 9.65. The van der Waals surface area contributed by atoms with Crippen molar-refractivity contribution in [1.82, 2.24) is 20.5 Å². The summed E-state index contributed by atoms with van der Waals surface area (Å²) in [6.07, 6.45) is 5.05. The third-order valence-electron chi connectivity index (χ3n) is 7.99. The summed E-state index contributed by atoms with van der Waals surface area (Å²) in [4.78, 5) is 77.9. The standard InChI is InChI=1S/C35H33N7O7/c43-30(37-15-1-17-49-26-7-8-27-22(19-26)20-42(34(27)47)29-10-11-32(45)41-33(29)46)12-13-31(44)38-23-2-4-24(5-3-23)39-35(48)40-25-6-9-28-21(18-25)14-16-36-28/h2-9,12-14,16,18-19,29,36H,1,10-11,15,17,20H2,(H,37,43)(H,38,44)(H2,39,40,48)(H,41,45,46)/b13-12+. The normalized spacial score (nSPS) is 15.6. The van der Waals surface area contributed by atoms with Crippen LogP contribution in [0.1, 0.15) is 35.2 Å². The zero-order valence-electron chi connectivity index (χ0n) is 26.2. The molecule has 3 aromatic carbocycles. The third kappa shape index (κ3) is 8.11. The monoisotopic (exact) mass is 663 g/mol. The van der Waals surface area contributed by atoms with Gasteiger partial charge in [-0.3, -0.25) is 29.3 Å². The van der Waals surface area contributed by atoms with Gasteiger partial charge in [-0.25, -0.2) is 4.79 Å². The maximum atomic E-state index is 12.8. The molecule has 1 aromatic heterocycles. The van der Waals surface area contributed by atoms with E-state index in [9.17, 15) is 28.8 Å². The molecule has 1 fully saturated rings. The Morgan fingerprint density at radius 3 is 2.39 bits per heavy atom. The summed E-state index contributed by atoms with van der Waals surface area (Å²) in [5.74, 6) is -1.44. The highest BCUT2D eigenvalue weighted by Crippen LogP contribution is 2.30. The number of piperidine rings is 1. The van der Waals surface area contributed by atoms with Crippen LogP contribution < -0.4 is 31.3 Å². The number of nitrogens with zero attached hydrogens (tertiary/aromatic N) is 1. The topological polar surface area (TPSA) is 191 Å². The van der Waals surface area contributed by atoms with Crippen LogP contribution in [0.2, 0.25) is 0 Å². The number of urea groups is 1. The number of rotatable bonds is 11. The second kappa shape index (κ2) is 14.5. The maximum absolute atomic E-state index is 12.8. The largest absolute Gasteiger partial charge is 0.494 e. The number of fused-ring (bicyclic) bond motifs is 2. The molecule has 0 aliphatic carbocycles. The van der Waals surface area contributed by atoms with E-state index in [1.165, 1.54) is 4.90 Å². The molecule has 1 saturated heterocycles. The Hall–Kier alpha value is -6.44. The average molecular weight is 664 g/mol. The summed E-state index contributed by atoms with van der Waals surface area (Å²) < 4.78 is 5.78. The molecule has 250 valence electrons. The van der Waals surface area contributed by atoms with Gasteiger partial charge in [-0.2, -0.15) is 0 Å². The van der Waals surface area contributed by atoms with Gasteiger partial charge in [-0.05, 0) is 85.1 Å². The molecule has 7 amide bonds. The molecule has 1 unspecified atom stereocenters. The molecule has 0 radical (unpaired) electrons. The molecule has 4 aromatic rings. The van der Waals surface area contributed by atoms with Crippen LogP contribution in [0, 0.1) is 0 Å². The van der Waals surface area contributed by atoms with Crippen LogP contribution in [0.5, 0.6) is 5.75 Å². The van der Waals surface area contributed by atoms with Gasteiger partial charge in [-0.1, -0.05) is 0 Å². The van der Waals surface area contributed by atoms with E-state index >= 15 is 0 Å². The predicted octanol–water partition coefficient (Wildman–Crippen LogP) is 3.65. The van der Waals surface area contributed by atoms with Crippen molar-refractivity contribution < 1.29 is 33.5 Å². The van der Waals surface area contributed by atoms with E-state index in [4.69, 9.17) is 4.74 Å². The second-order valence-corrected chi connectivity index (χ2v) is 11.5. The first kappa shape index (κ1) is 32.5. The van der Waals surface area contributed by atoms with Crippen molar-refractivity contribution in [2.75, 3.05) is 29.1 Å². The van der Waals surface area contributed by atoms with Crippen molar-refractivity contribution in [3.05, 3.63) is 96.2 Å². The number of H-pyrrole nitrogens is 1. The lowest BCUT2D eigenvalue weighted by molar-refractivity contribution is -0.137. The fourth-order valence-electron chi connectivity index (χ4n) is 5.57. The smallest absolute Gasteiger partial charge is 0.323 e. The molecule has 2 aliphatic heterocycles. The highest BCUT2D eigenvalue weighted by atomic mass is 16.5. The number of imide groups is 1. The number of aromatic amines is 1. The minimum absolute atomic E-state index is 0.190. The summed E-state index contributed by atoms with van der Waals surface area (Å²) in [5.41, 5.74) is 3.86. The summed E-state index contributed by atoms with van der Waals surface area (Å²) in [6, 6.07) is 18.0. The molecule has 14 nitrogen and oxygen atoms in total. The van der Waals surface area contributed by atoms with Gasteiger partial charge in [0, 0.05) is 71.4 Å². The van der Waals surface area contributed by atoms with Crippen LogP contribution >= 0.6 is 0 Å². The van der Waals surface area contributed by atoms with E-state index < -0.39 is 29.8 Å². The lowest BCUT2D eigenvalue weighted by Crippen LogP contribution is -2.52. The lowest BCUT2D eigenvalue weighted by Gasteiger charge is -2.29. The molecular formula is C35H33N7O7. The number of hydrogen-bond donors (Lipinski definition) is 6. The molecule has 6 rings (SSSR count).